The van der Waals surface area contributed by atoms with Crippen molar-refractivity contribution >= 4 is 23.2 Å². The van der Waals surface area contributed by atoms with Crippen LogP contribution in [0.4, 0.5) is 5.69 Å². The lowest BCUT2D eigenvalue weighted by Gasteiger charge is -2.17. The molecule has 2 atom stereocenters. The maximum atomic E-state index is 12.2. The van der Waals surface area contributed by atoms with Crippen molar-refractivity contribution in [3.05, 3.63) is 38.9 Å². The summed E-state index contributed by atoms with van der Waals surface area (Å²) in [5, 5.41) is 10.7. The lowest BCUT2D eigenvalue weighted by Crippen LogP contribution is -2.29. The second-order valence-electron chi connectivity index (χ2n) is 5.08. The third kappa shape index (κ3) is 3.04. The Morgan fingerprint density at radius 1 is 1.58 bits per heavy atom. The minimum Gasteiger partial charge on any atom is -0.341 e. The standard InChI is InChI=1S/C13H15ClN2O3/c1-8-5-9(8)7-15(2)13(17)11-4-3-10(16(18)19)6-12(11)14/h3-4,6,8-9H,5,7H2,1-2H3. The van der Waals surface area contributed by atoms with Crippen LogP contribution in [-0.2, 0) is 0 Å². The van der Waals surface area contributed by atoms with E-state index in [4.69, 9.17) is 11.6 Å². The fourth-order valence-electron chi connectivity index (χ4n) is 2.08. The molecule has 0 radical (unpaired) electrons. The molecule has 0 aliphatic heterocycles. The van der Waals surface area contributed by atoms with Gasteiger partial charge in [0, 0.05) is 25.7 Å². The zero-order valence-electron chi connectivity index (χ0n) is 10.8. The van der Waals surface area contributed by atoms with Crippen molar-refractivity contribution in [2.75, 3.05) is 13.6 Å². The quantitative estimate of drug-likeness (QED) is 0.630. The Hall–Kier alpha value is -1.62. The molecule has 19 heavy (non-hydrogen) atoms. The molecule has 0 heterocycles. The Morgan fingerprint density at radius 3 is 2.68 bits per heavy atom. The molecule has 0 N–H and O–H groups in total. The average molecular weight is 283 g/mol. The van der Waals surface area contributed by atoms with Crippen molar-refractivity contribution in [3.63, 3.8) is 0 Å². The molecule has 102 valence electrons. The topological polar surface area (TPSA) is 63.5 Å². The number of amides is 1. The van der Waals surface area contributed by atoms with Gasteiger partial charge in [-0.25, -0.2) is 0 Å². The van der Waals surface area contributed by atoms with E-state index in [-0.39, 0.29) is 16.6 Å². The van der Waals surface area contributed by atoms with Crippen LogP contribution in [0.3, 0.4) is 0 Å². The Kier molecular flexibility index (Phi) is 3.75. The predicted molar refractivity (Wildman–Crippen MR) is 72.3 cm³/mol. The van der Waals surface area contributed by atoms with E-state index in [0.717, 1.165) is 6.42 Å². The number of carbonyl (C=O) groups excluding carboxylic acids is 1. The number of nitro groups is 1. The molecule has 1 aliphatic carbocycles. The normalized spacial score (nSPS) is 21.0. The predicted octanol–water partition coefficient (Wildman–Crippen LogP) is 2.98. The number of carbonyl (C=O) groups is 1. The highest BCUT2D eigenvalue weighted by molar-refractivity contribution is 6.34. The van der Waals surface area contributed by atoms with Crippen molar-refractivity contribution in [3.8, 4) is 0 Å². The molecule has 0 aromatic heterocycles. The average Bonchev–Trinajstić information content (AvgIpc) is 3.03. The van der Waals surface area contributed by atoms with E-state index in [2.05, 4.69) is 6.92 Å². The molecule has 1 aromatic rings. The minimum atomic E-state index is -0.532. The van der Waals surface area contributed by atoms with E-state index in [1.807, 2.05) is 0 Å². The summed E-state index contributed by atoms with van der Waals surface area (Å²) < 4.78 is 0. The molecule has 0 spiro atoms. The molecule has 5 nitrogen and oxygen atoms in total. The van der Waals surface area contributed by atoms with Crippen molar-refractivity contribution in [2.24, 2.45) is 11.8 Å². The third-order valence-corrected chi connectivity index (χ3v) is 3.84. The van der Waals surface area contributed by atoms with Crippen molar-refractivity contribution in [2.45, 2.75) is 13.3 Å². The van der Waals surface area contributed by atoms with Gasteiger partial charge in [0.05, 0.1) is 15.5 Å². The number of benzene rings is 1. The Balaban J connectivity index is 2.12. The minimum absolute atomic E-state index is 0.111. The van der Waals surface area contributed by atoms with Gasteiger partial charge in [-0.2, -0.15) is 0 Å². The van der Waals surface area contributed by atoms with Crippen LogP contribution in [0.2, 0.25) is 5.02 Å². The number of hydrogen-bond donors (Lipinski definition) is 0. The number of nitro benzene ring substituents is 1. The molecule has 1 aromatic carbocycles. The molecule has 1 aliphatic rings. The van der Waals surface area contributed by atoms with E-state index in [0.29, 0.717) is 23.9 Å². The number of nitrogens with zero attached hydrogens (tertiary/aromatic N) is 2. The van der Waals surface area contributed by atoms with Crippen LogP contribution in [-0.4, -0.2) is 29.3 Å². The van der Waals surface area contributed by atoms with E-state index in [1.165, 1.54) is 18.2 Å². The SMILES string of the molecule is CC1CC1CN(C)C(=O)c1ccc([N+](=O)[O-])cc1Cl. The zero-order chi connectivity index (χ0) is 14.2. The molecule has 0 bridgehead atoms. The summed E-state index contributed by atoms with van der Waals surface area (Å²) in [6, 6.07) is 3.92. The monoisotopic (exact) mass is 282 g/mol. The molecule has 2 rings (SSSR count). The van der Waals surface area contributed by atoms with Gasteiger partial charge in [-0.05, 0) is 24.3 Å². The van der Waals surface area contributed by atoms with Crippen LogP contribution in [0, 0.1) is 22.0 Å². The van der Waals surface area contributed by atoms with Gasteiger partial charge < -0.3 is 4.90 Å². The Labute approximate surface area is 116 Å². The van der Waals surface area contributed by atoms with Gasteiger partial charge in [0.15, 0.2) is 0 Å². The number of hydrogen-bond acceptors (Lipinski definition) is 3. The van der Waals surface area contributed by atoms with Gasteiger partial charge >= 0.3 is 0 Å². The number of non-ortho nitro benzene ring substituents is 1. The van der Waals surface area contributed by atoms with Crippen molar-refractivity contribution < 1.29 is 9.72 Å². The second-order valence-corrected chi connectivity index (χ2v) is 5.49. The van der Waals surface area contributed by atoms with Gasteiger partial charge in [0.2, 0.25) is 0 Å². The summed E-state index contributed by atoms with van der Waals surface area (Å²) in [4.78, 5) is 23.9. The van der Waals surface area contributed by atoms with Crippen LogP contribution in [0.5, 0.6) is 0 Å². The number of halogens is 1. The first-order valence-electron chi connectivity index (χ1n) is 6.09. The van der Waals surface area contributed by atoms with Crippen LogP contribution in [0.15, 0.2) is 18.2 Å². The lowest BCUT2D eigenvalue weighted by molar-refractivity contribution is -0.384. The van der Waals surface area contributed by atoms with Crippen LogP contribution < -0.4 is 0 Å². The summed E-state index contributed by atoms with van der Waals surface area (Å²) in [6.07, 6.45) is 1.14. The van der Waals surface area contributed by atoms with Gasteiger partial charge in [-0.15, -0.1) is 0 Å². The third-order valence-electron chi connectivity index (χ3n) is 3.53. The summed E-state index contributed by atoms with van der Waals surface area (Å²) in [5.41, 5.74) is 0.197. The maximum Gasteiger partial charge on any atom is 0.270 e. The first kappa shape index (κ1) is 13.8. The molecular weight excluding hydrogens is 268 g/mol. The Morgan fingerprint density at radius 2 is 2.21 bits per heavy atom. The van der Waals surface area contributed by atoms with Gasteiger partial charge in [0.1, 0.15) is 0 Å². The van der Waals surface area contributed by atoms with E-state index >= 15 is 0 Å². The van der Waals surface area contributed by atoms with E-state index in [9.17, 15) is 14.9 Å². The number of rotatable bonds is 4. The molecule has 0 saturated heterocycles. The van der Waals surface area contributed by atoms with Gasteiger partial charge in [0.25, 0.3) is 11.6 Å². The summed E-state index contributed by atoms with van der Waals surface area (Å²) in [7, 11) is 1.73. The van der Waals surface area contributed by atoms with Crippen LogP contribution in [0.1, 0.15) is 23.7 Å². The fraction of sp³-hybridized carbons (Fsp3) is 0.462. The van der Waals surface area contributed by atoms with Gasteiger partial charge in [-0.1, -0.05) is 18.5 Å². The van der Waals surface area contributed by atoms with Crippen molar-refractivity contribution in [1.29, 1.82) is 0 Å². The van der Waals surface area contributed by atoms with E-state index < -0.39 is 4.92 Å². The lowest BCUT2D eigenvalue weighted by atomic mass is 10.1. The first-order valence-corrected chi connectivity index (χ1v) is 6.47. The molecule has 1 fully saturated rings. The molecule has 1 amide bonds. The fourth-order valence-corrected chi connectivity index (χ4v) is 2.34. The largest absolute Gasteiger partial charge is 0.341 e. The summed E-state index contributed by atoms with van der Waals surface area (Å²) >= 11 is 5.94. The van der Waals surface area contributed by atoms with E-state index in [1.54, 1.807) is 11.9 Å². The maximum absolute atomic E-state index is 12.2. The second kappa shape index (κ2) is 5.17. The highest BCUT2D eigenvalue weighted by atomic mass is 35.5. The Bertz CT molecular complexity index is 533. The molecule has 2 unspecified atom stereocenters. The van der Waals surface area contributed by atoms with Gasteiger partial charge in [-0.3, -0.25) is 14.9 Å². The summed E-state index contributed by atoms with van der Waals surface area (Å²) in [5.74, 6) is 1.03. The molecule has 1 saturated carbocycles. The van der Waals surface area contributed by atoms with Crippen LogP contribution in [0.25, 0.3) is 0 Å². The van der Waals surface area contributed by atoms with Crippen molar-refractivity contribution in [1.82, 2.24) is 4.90 Å². The highest BCUT2D eigenvalue weighted by Crippen LogP contribution is 2.38. The molecular formula is C13H15ClN2O3. The molecule has 6 heteroatoms. The summed E-state index contributed by atoms with van der Waals surface area (Å²) in [6.45, 7) is 2.86. The van der Waals surface area contributed by atoms with Crippen LogP contribution >= 0.6 is 11.6 Å². The highest BCUT2D eigenvalue weighted by Gasteiger charge is 2.34. The smallest absolute Gasteiger partial charge is 0.270 e. The zero-order valence-corrected chi connectivity index (χ0v) is 11.6. The first-order chi connectivity index (χ1) is 8.90.